The van der Waals surface area contributed by atoms with Crippen molar-refractivity contribution in [3.63, 3.8) is 0 Å². The number of pyridine rings is 2. The number of fused-ring (bicyclic) bond motifs is 2. The number of nitrogens with zero attached hydrogens (tertiary/aromatic N) is 2. The van der Waals surface area contributed by atoms with E-state index in [0.29, 0.717) is 23.0 Å². The van der Waals surface area contributed by atoms with Crippen LogP contribution >= 0.6 is 0 Å². The molecule has 0 aliphatic rings. The number of nitrogens with one attached hydrogen (secondary N) is 1. The highest BCUT2D eigenvalue weighted by molar-refractivity contribution is 5.88. The number of H-pyrrole nitrogens is 1. The lowest BCUT2D eigenvalue weighted by Crippen LogP contribution is -1.93. The van der Waals surface area contributed by atoms with Crippen molar-refractivity contribution in [2.75, 3.05) is 14.2 Å². The van der Waals surface area contributed by atoms with Gasteiger partial charge in [0.25, 0.3) is 0 Å². The fourth-order valence-corrected chi connectivity index (χ4v) is 2.85. The summed E-state index contributed by atoms with van der Waals surface area (Å²) in [4.78, 5) is 12.0. The molecule has 0 saturated heterocycles. The van der Waals surface area contributed by atoms with Crippen LogP contribution in [-0.4, -0.2) is 29.2 Å². The third-order valence-electron chi connectivity index (χ3n) is 4.01. The Morgan fingerprint density at radius 3 is 2.52 bits per heavy atom. The summed E-state index contributed by atoms with van der Waals surface area (Å²) in [6.45, 7) is 2.00. The number of rotatable bonds is 4. The Labute approximate surface area is 144 Å². The number of hydrogen-bond acceptors (Lipinski definition) is 5. The van der Waals surface area contributed by atoms with Gasteiger partial charge in [-0.3, -0.25) is 4.98 Å². The third kappa shape index (κ3) is 2.71. The van der Waals surface area contributed by atoms with Gasteiger partial charge in [0.05, 0.1) is 25.9 Å². The molecule has 0 amide bonds. The molecular formula is C19H17N3O3. The Morgan fingerprint density at radius 1 is 0.920 bits per heavy atom. The molecule has 6 heteroatoms. The molecule has 0 unspecified atom stereocenters. The maximum atomic E-state index is 6.07. The highest BCUT2D eigenvalue weighted by atomic mass is 16.5. The minimum atomic E-state index is 0.627. The fourth-order valence-electron chi connectivity index (χ4n) is 2.85. The van der Waals surface area contributed by atoms with Crippen molar-refractivity contribution >= 4 is 21.9 Å². The molecule has 0 atom stereocenters. The van der Waals surface area contributed by atoms with E-state index in [2.05, 4.69) is 15.0 Å². The first-order valence-corrected chi connectivity index (χ1v) is 7.82. The number of aryl methyl sites for hydroxylation is 1. The number of ether oxygens (including phenoxy) is 3. The molecule has 0 bridgehead atoms. The summed E-state index contributed by atoms with van der Waals surface area (Å²) in [6.07, 6.45) is 3.40. The molecule has 0 radical (unpaired) electrons. The number of hydrogen-bond donors (Lipinski definition) is 1. The Morgan fingerprint density at radius 2 is 1.72 bits per heavy atom. The molecule has 1 aromatic carbocycles. The van der Waals surface area contributed by atoms with Crippen LogP contribution in [0, 0.1) is 6.92 Å². The summed E-state index contributed by atoms with van der Waals surface area (Å²) in [7, 11) is 3.20. The van der Waals surface area contributed by atoms with Gasteiger partial charge < -0.3 is 19.2 Å². The topological polar surface area (TPSA) is 69.3 Å². The average Bonchev–Trinajstić information content (AvgIpc) is 3.00. The molecule has 0 fully saturated rings. The van der Waals surface area contributed by atoms with Crippen LogP contribution in [0.15, 0.2) is 42.7 Å². The zero-order chi connectivity index (χ0) is 17.4. The molecule has 0 saturated carbocycles. The molecule has 4 rings (SSSR count). The number of aromatic nitrogens is 3. The molecule has 0 aliphatic heterocycles. The molecule has 4 aromatic rings. The normalized spacial score (nSPS) is 11.0. The Hall–Kier alpha value is -3.28. The number of benzene rings is 1. The largest absolute Gasteiger partial charge is 0.493 e. The maximum Gasteiger partial charge on any atom is 0.162 e. The highest BCUT2D eigenvalue weighted by Crippen LogP contribution is 2.37. The minimum absolute atomic E-state index is 0.627. The minimum Gasteiger partial charge on any atom is -0.493 e. The van der Waals surface area contributed by atoms with Crippen molar-refractivity contribution in [3.8, 4) is 23.0 Å². The van der Waals surface area contributed by atoms with Gasteiger partial charge in [0.15, 0.2) is 11.5 Å². The third-order valence-corrected chi connectivity index (χ3v) is 4.01. The van der Waals surface area contributed by atoms with E-state index in [1.165, 1.54) is 0 Å². The summed E-state index contributed by atoms with van der Waals surface area (Å²) in [5.74, 6) is 2.60. The van der Waals surface area contributed by atoms with Gasteiger partial charge in [0, 0.05) is 28.7 Å². The Kier molecular flexibility index (Phi) is 3.65. The van der Waals surface area contributed by atoms with E-state index in [1.54, 1.807) is 26.6 Å². The summed E-state index contributed by atoms with van der Waals surface area (Å²) in [5, 5.41) is 1.85. The van der Waals surface area contributed by atoms with Crippen molar-refractivity contribution in [2.24, 2.45) is 0 Å². The quantitative estimate of drug-likeness (QED) is 0.604. The first-order valence-electron chi connectivity index (χ1n) is 7.82. The lowest BCUT2D eigenvalue weighted by atomic mass is 10.2. The number of aromatic amines is 1. The first kappa shape index (κ1) is 15.3. The highest BCUT2D eigenvalue weighted by Gasteiger charge is 2.12. The van der Waals surface area contributed by atoms with Crippen molar-refractivity contribution in [2.45, 2.75) is 6.92 Å². The second kappa shape index (κ2) is 5.98. The van der Waals surface area contributed by atoms with Gasteiger partial charge in [-0.05, 0) is 31.2 Å². The first-order chi connectivity index (χ1) is 12.2. The van der Waals surface area contributed by atoms with E-state index in [4.69, 9.17) is 14.2 Å². The predicted octanol–water partition coefficient (Wildman–Crippen LogP) is 4.23. The van der Waals surface area contributed by atoms with Gasteiger partial charge in [-0.15, -0.1) is 0 Å². The van der Waals surface area contributed by atoms with E-state index < -0.39 is 0 Å². The van der Waals surface area contributed by atoms with Crippen molar-refractivity contribution in [1.29, 1.82) is 0 Å². The van der Waals surface area contributed by atoms with Gasteiger partial charge in [-0.25, -0.2) is 4.98 Å². The molecule has 0 spiro atoms. The van der Waals surface area contributed by atoms with Crippen LogP contribution in [0.25, 0.3) is 21.9 Å². The molecule has 126 valence electrons. The molecular weight excluding hydrogens is 318 g/mol. The zero-order valence-electron chi connectivity index (χ0n) is 14.2. The van der Waals surface area contributed by atoms with Crippen LogP contribution in [0.5, 0.6) is 23.0 Å². The number of methoxy groups -OCH3 is 2. The van der Waals surface area contributed by atoms with E-state index >= 15 is 0 Å². The summed E-state index contributed by atoms with van der Waals surface area (Å²) >= 11 is 0. The van der Waals surface area contributed by atoms with Crippen LogP contribution in [0.3, 0.4) is 0 Å². The van der Waals surface area contributed by atoms with E-state index in [9.17, 15) is 0 Å². The van der Waals surface area contributed by atoms with Crippen LogP contribution in [0.4, 0.5) is 0 Å². The smallest absolute Gasteiger partial charge is 0.162 e. The molecule has 25 heavy (non-hydrogen) atoms. The summed E-state index contributed by atoms with van der Waals surface area (Å²) < 4.78 is 16.8. The standard InChI is InChI=1S/C19H17N3O3/c1-11-6-12-7-13(10-21-19(12)22-11)25-16-4-5-20-15-9-18(24-3)17(23-2)8-14(15)16/h4-10H,1-3H3,(H,21,22). The van der Waals surface area contributed by atoms with Gasteiger partial charge in [0.2, 0.25) is 0 Å². The average molecular weight is 335 g/mol. The van der Waals surface area contributed by atoms with Crippen LogP contribution < -0.4 is 14.2 Å². The fraction of sp³-hybridized carbons (Fsp3) is 0.158. The second-order valence-electron chi connectivity index (χ2n) is 5.70. The van der Waals surface area contributed by atoms with Crippen molar-refractivity contribution in [1.82, 2.24) is 15.0 Å². The van der Waals surface area contributed by atoms with Crippen LogP contribution in [0.2, 0.25) is 0 Å². The predicted molar refractivity (Wildman–Crippen MR) is 95.8 cm³/mol. The Bertz CT molecular complexity index is 1070. The van der Waals surface area contributed by atoms with Crippen molar-refractivity contribution in [3.05, 3.63) is 48.4 Å². The zero-order valence-corrected chi connectivity index (χ0v) is 14.2. The lowest BCUT2D eigenvalue weighted by Gasteiger charge is -2.12. The second-order valence-corrected chi connectivity index (χ2v) is 5.70. The molecule has 0 aliphatic carbocycles. The SMILES string of the molecule is COc1cc2nccc(Oc3cnc4[nH]c(C)cc4c3)c2cc1OC. The van der Waals surface area contributed by atoms with Gasteiger partial charge in [-0.1, -0.05) is 0 Å². The molecule has 3 aromatic heterocycles. The van der Waals surface area contributed by atoms with E-state index in [1.807, 2.05) is 37.3 Å². The van der Waals surface area contributed by atoms with E-state index in [-0.39, 0.29) is 0 Å². The Balaban J connectivity index is 1.79. The van der Waals surface area contributed by atoms with Crippen molar-refractivity contribution < 1.29 is 14.2 Å². The van der Waals surface area contributed by atoms with Gasteiger partial charge in [-0.2, -0.15) is 0 Å². The molecule has 6 nitrogen and oxygen atoms in total. The monoisotopic (exact) mass is 335 g/mol. The molecule has 3 heterocycles. The van der Waals surface area contributed by atoms with E-state index in [0.717, 1.165) is 27.6 Å². The van der Waals surface area contributed by atoms with Crippen LogP contribution in [-0.2, 0) is 0 Å². The lowest BCUT2D eigenvalue weighted by molar-refractivity contribution is 0.355. The van der Waals surface area contributed by atoms with Crippen LogP contribution in [0.1, 0.15) is 5.69 Å². The summed E-state index contributed by atoms with van der Waals surface area (Å²) in [6, 6.07) is 9.51. The van der Waals surface area contributed by atoms with Gasteiger partial charge in [0.1, 0.15) is 17.1 Å². The summed E-state index contributed by atoms with van der Waals surface area (Å²) in [5.41, 5.74) is 2.67. The molecule has 1 N–H and O–H groups in total. The maximum absolute atomic E-state index is 6.07. The van der Waals surface area contributed by atoms with Gasteiger partial charge >= 0.3 is 0 Å².